The van der Waals surface area contributed by atoms with E-state index in [0.717, 1.165) is 16.1 Å². The molecule has 1 heterocycles. The van der Waals surface area contributed by atoms with Gasteiger partial charge in [-0.2, -0.15) is 13.2 Å². The Morgan fingerprint density at radius 2 is 1.57 bits per heavy atom. The van der Waals surface area contributed by atoms with Crippen LogP contribution in [0.1, 0.15) is 5.56 Å². The summed E-state index contributed by atoms with van der Waals surface area (Å²) in [5.74, 6) is 0.381. The van der Waals surface area contributed by atoms with Gasteiger partial charge in [-0.1, -0.05) is 46.3 Å². The lowest BCUT2D eigenvalue weighted by Gasteiger charge is -2.12. The van der Waals surface area contributed by atoms with Gasteiger partial charge in [0.15, 0.2) is 5.82 Å². The number of nitrogens with zero attached hydrogens (tertiary/aromatic N) is 2. The summed E-state index contributed by atoms with van der Waals surface area (Å²) in [5.41, 5.74) is 0.312. The van der Waals surface area contributed by atoms with E-state index in [1.807, 2.05) is 12.1 Å². The van der Waals surface area contributed by atoms with Crippen molar-refractivity contribution in [3.8, 4) is 22.6 Å². The molecule has 0 unspecified atom stereocenters. The van der Waals surface area contributed by atoms with E-state index in [2.05, 4.69) is 25.9 Å². The molecule has 3 aromatic rings. The van der Waals surface area contributed by atoms with Crippen molar-refractivity contribution in [3.63, 3.8) is 0 Å². The third-order valence-electron chi connectivity index (χ3n) is 3.27. The molecule has 0 atom stereocenters. The molecule has 0 aliphatic heterocycles. The average Bonchev–Trinajstić information content (AvgIpc) is 2.55. The van der Waals surface area contributed by atoms with E-state index in [-0.39, 0.29) is 11.3 Å². The van der Waals surface area contributed by atoms with Crippen LogP contribution in [0.15, 0.2) is 65.3 Å². The zero-order chi connectivity index (χ0) is 16.4. The van der Waals surface area contributed by atoms with E-state index in [0.29, 0.717) is 5.82 Å². The molecule has 2 aromatic carbocycles. The maximum atomic E-state index is 13.2. The fraction of sp³-hybridized carbons (Fsp3) is 0.0588. The Kier molecular flexibility index (Phi) is 4.17. The van der Waals surface area contributed by atoms with Crippen LogP contribution >= 0.6 is 15.9 Å². The molecule has 6 heteroatoms. The van der Waals surface area contributed by atoms with Gasteiger partial charge in [-0.3, -0.25) is 0 Å². The van der Waals surface area contributed by atoms with Gasteiger partial charge in [-0.25, -0.2) is 9.97 Å². The van der Waals surface area contributed by atoms with Crippen molar-refractivity contribution in [2.75, 3.05) is 0 Å². The van der Waals surface area contributed by atoms with Crippen LogP contribution in [0.25, 0.3) is 22.6 Å². The molecule has 0 aliphatic carbocycles. The highest BCUT2D eigenvalue weighted by Crippen LogP contribution is 2.36. The van der Waals surface area contributed by atoms with Gasteiger partial charge in [0.2, 0.25) is 0 Å². The van der Waals surface area contributed by atoms with Crippen LogP contribution in [0.3, 0.4) is 0 Å². The number of aromatic nitrogens is 2. The van der Waals surface area contributed by atoms with Crippen molar-refractivity contribution < 1.29 is 13.2 Å². The van der Waals surface area contributed by atoms with E-state index in [1.54, 1.807) is 18.2 Å². The molecule has 0 spiro atoms. The third-order valence-corrected chi connectivity index (χ3v) is 3.80. The summed E-state index contributed by atoms with van der Waals surface area (Å²) < 4.78 is 40.4. The van der Waals surface area contributed by atoms with Gasteiger partial charge in [-0.15, -0.1) is 0 Å². The lowest BCUT2D eigenvalue weighted by Crippen LogP contribution is -2.07. The molecule has 23 heavy (non-hydrogen) atoms. The number of alkyl halides is 3. The van der Waals surface area contributed by atoms with Crippen LogP contribution in [0.2, 0.25) is 0 Å². The van der Waals surface area contributed by atoms with Crippen molar-refractivity contribution in [1.29, 1.82) is 0 Å². The second kappa shape index (κ2) is 6.12. The monoisotopic (exact) mass is 378 g/mol. The molecule has 0 N–H and O–H groups in total. The van der Waals surface area contributed by atoms with Crippen LogP contribution in [-0.4, -0.2) is 9.97 Å². The largest absolute Gasteiger partial charge is 0.417 e. The van der Waals surface area contributed by atoms with Crippen LogP contribution < -0.4 is 0 Å². The van der Waals surface area contributed by atoms with E-state index in [4.69, 9.17) is 0 Å². The van der Waals surface area contributed by atoms with E-state index < -0.39 is 11.7 Å². The Hall–Kier alpha value is -2.21. The first-order chi connectivity index (χ1) is 10.9. The average molecular weight is 379 g/mol. The van der Waals surface area contributed by atoms with Crippen molar-refractivity contribution in [2.45, 2.75) is 6.18 Å². The molecular formula is C17H10BrF3N2. The van der Waals surface area contributed by atoms with Crippen LogP contribution in [0.4, 0.5) is 13.2 Å². The Morgan fingerprint density at radius 1 is 0.870 bits per heavy atom. The number of rotatable bonds is 2. The van der Waals surface area contributed by atoms with Gasteiger partial charge in [0.05, 0.1) is 11.3 Å². The molecule has 0 fully saturated rings. The van der Waals surface area contributed by atoms with Gasteiger partial charge < -0.3 is 0 Å². The lowest BCUT2D eigenvalue weighted by molar-refractivity contribution is -0.137. The van der Waals surface area contributed by atoms with E-state index >= 15 is 0 Å². The second-order valence-electron chi connectivity index (χ2n) is 4.82. The Bertz CT molecular complexity index is 830. The second-order valence-corrected chi connectivity index (χ2v) is 5.73. The highest BCUT2D eigenvalue weighted by molar-refractivity contribution is 9.10. The Balaban J connectivity index is 2.09. The highest BCUT2D eigenvalue weighted by Gasteiger charge is 2.33. The smallest absolute Gasteiger partial charge is 0.237 e. The first-order valence-corrected chi connectivity index (χ1v) is 7.50. The maximum absolute atomic E-state index is 13.2. The zero-order valence-electron chi connectivity index (χ0n) is 11.7. The topological polar surface area (TPSA) is 25.8 Å². The molecular weight excluding hydrogens is 369 g/mol. The van der Waals surface area contributed by atoms with Crippen LogP contribution in [0, 0.1) is 0 Å². The lowest BCUT2D eigenvalue weighted by atomic mass is 10.0. The zero-order valence-corrected chi connectivity index (χ0v) is 13.3. The minimum Gasteiger partial charge on any atom is -0.237 e. The number of hydrogen-bond acceptors (Lipinski definition) is 2. The SMILES string of the molecule is FC(F)(F)c1ccccc1-c1ccnc(-c2ccc(Br)cc2)n1. The summed E-state index contributed by atoms with van der Waals surface area (Å²) in [6, 6.07) is 14.1. The minimum atomic E-state index is -4.43. The maximum Gasteiger partial charge on any atom is 0.417 e. The summed E-state index contributed by atoms with van der Waals surface area (Å²) in [6.07, 6.45) is -2.97. The standard InChI is InChI=1S/C17H10BrF3N2/c18-12-7-5-11(6-8-12)16-22-10-9-15(23-16)13-3-1-2-4-14(13)17(19,20)21/h1-10H. The van der Waals surface area contributed by atoms with Crippen molar-refractivity contribution in [2.24, 2.45) is 0 Å². The van der Waals surface area contributed by atoms with Gasteiger partial charge in [-0.05, 0) is 24.3 Å². The molecule has 3 rings (SSSR count). The fourth-order valence-electron chi connectivity index (χ4n) is 2.20. The van der Waals surface area contributed by atoms with Crippen molar-refractivity contribution in [1.82, 2.24) is 9.97 Å². The third kappa shape index (κ3) is 3.42. The van der Waals surface area contributed by atoms with Gasteiger partial charge in [0, 0.05) is 21.8 Å². The number of benzene rings is 2. The first kappa shape index (κ1) is 15.7. The van der Waals surface area contributed by atoms with Crippen LogP contribution in [-0.2, 0) is 6.18 Å². The van der Waals surface area contributed by atoms with Crippen molar-refractivity contribution >= 4 is 15.9 Å². The number of hydrogen-bond donors (Lipinski definition) is 0. The predicted octanol–water partition coefficient (Wildman–Crippen LogP) is 5.59. The normalized spacial score (nSPS) is 11.5. The molecule has 0 bridgehead atoms. The van der Waals surface area contributed by atoms with E-state index in [1.165, 1.54) is 24.4 Å². The van der Waals surface area contributed by atoms with Gasteiger partial charge in [0.25, 0.3) is 0 Å². The summed E-state index contributed by atoms with van der Waals surface area (Å²) in [6.45, 7) is 0. The summed E-state index contributed by atoms with van der Waals surface area (Å²) >= 11 is 3.33. The van der Waals surface area contributed by atoms with Gasteiger partial charge >= 0.3 is 6.18 Å². The summed E-state index contributed by atoms with van der Waals surface area (Å²) in [7, 11) is 0. The quantitative estimate of drug-likeness (QED) is 0.580. The molecule has 1 aromatic heterocycles. The number of halogens is 4. The molecule has 0 saturated heterocycles. The molecule has 0 aliphatic rings. The highest BCUT2D eigenvalue weighted by atomic mass is 79.9. The molecule has 0 saturated carbocycles. The molecule has 116 valence electrons. The Morgan fingerprint density at radius 3 is 2.26 bits per heavy atom. The fourth-order valence-corrected chi connectivity index (χ4v) is 2.46. The van der Waals surface area contributed by atoms with Crippen LogP contribution in [0.5, 0.6) is 0 Å². The van der Waals surface area contributed by atoms with Gasteiger partial charge in [0.1, 0.15) is 0 Å². The molecule has 0 amide bonds. The minimum absolute atomic E-state index is 0.0424. The summed E-state index contributed by atoms with van der Waals surface area (Å²) in [5, 5.41) is 0. The van der Waals surface area contributed by atoms with Crippen molar-refractivity contribution in [3.05, 3.63) is 70.8 Å². The Labute approximate surface area is 139 Å². The predicted molar refractivity (Wildman–Crippen MR) is 85.6 cm³/mol. The first-order valence-electron chi connectivity index (χ1n) is 6.71. The molecule has 0 radical (unpaired) electrons. The van der Waals surface area contributed by atoms with E-state index in [9.17, 15) is 13.2 Å². The molecule has 2 nitrogen and oxygen atoms in total. The summed E-state index contributed by atoms with van der Waals surface area (Å²) in [4.78, 5) is 8.44.